The van der Waals surface area contributed by atoms with Gasteiger partial charge in [0.2, 0.25) is 0 Å². The maximum atomic E-state index is 12.6. The van der Waals surface area contributed by atoms with Crippen molar-refractivity contribution in [3.05, 3.63) is 29.8 Å². The van der Waals surface area contributed by atoms with Crippen molar-refractivity contribution in [3.63, 3.8) is 0 Å². The molecule has 2 saturated carbocycles. The molecule has 0 atom stereocenters. The van der Waals surface area contributed by atoms with Crippen molar-refractivity contribution in [3.8, 4) is 5.75 Å². The Morgan fingerprint density at radius 2 is 1.57 bits per heavy atom. The Labute approximate surface area is 172 Å². The Hall–Kier alpha value is -1.31. The molecule has 0 aliphatic heterocycles. The van der Waals surface area contributed by atoms with Crippen molar-refractivity contribution in [1.82, 2.24) is 0 Å². The minimum absolute atomic E-state index is 0.0105. The van der Waals surface area contributed by atoms with Gasteiger partial charge in [0.25, 0.3) is 0 Å². The highest BCUT2D eigenvalue weighted by molar-refractivity contribution is 5.75. The maximum absolute atomic E-state index is 12.6. The molecular weight excluding hydrogens is 344 g/mol. The van der Waals surface area contributed by atoms with Gasteiger partial charge >= 0.3 is 5.97 Å². The fourth-order valence-corrected chi connectivity index (χ4v) is 5.15. The van der Waals surface area contributed by atoms with Crippen molar-refractivity contribution in [2.24, 2.45) is 17.8 Å². The monoisotopic (exact) mass is 384 g/mol. The second-order valence-electron chi connectivity index (χ2n) is 9.51. The van der Waals surface area contributed by atoms with Gasteiger partial charge in [-0.2, -0.15) is 0 Å². The van der Waals surface area contributed by atoms with E-state index in [1.165, 1.54) is 76.2 Å². The first kappa shape index (κ1) is 21.4. The second kappa shape index (κ2) is 11.0. The third kappa shape index (κ3) is 6.36. The van der Waals surface area contributed by atoms with Gasteiger partial charge in [-0.1, -0.05) is 70.9 Å². The molecule has 0 heterocycles. The molecule has 156 valence electrons. The molecule has 2 nitrogen and oxygen atoms in total. The van der Waals surface area contributed by atoms with E-state index >= 15 is 0 Å². The van der Waals surface area contributed by atoms with Gasteiger partial charge in [-0.05, 0) is 74.0 Å². The number of ether oxygens (including phenoxy) is 1. The number of carbonyl (C=O) groups excluding carboxylic acids is 1. The summed E-state index contributed by atoms with van der Waals surface area (Å²) in [6.45, 7) is 4.62. The summed E-state index contributed by atoms with van der Waals surface area (Å²) in [5.41, 5.74) is 1.41. The highest BCUT2D eigenvalue weighted by Gasteiger charge is 2.27. The molecule has 0 unspecified atom stereocenters. The molecule has 0 spiro atoms. The average molecular weight is 385 g/mol. The lowest BCUT2D eigenvalue weighted by Crippen LogP contribution is -2.25. The van der Waals surface area contributed by atoms with Crippen molar-refractivity contribution in [1.29, 1.82) is 0 Å². The Balaban J connectivity index is 1.40. The molecule has 0 amide bonds. The van der Waals surface area contributed by atoms with Crippen LogP contribution in [-0.2, 0) is 4.79 Å². The van der Waals surface area contributed by atoms with Gasteiger partial charge in [-0.25, -0.2) is 0 Å². The number of rotatable bonds is 8. The summed E-state index contributed by atoms with van der Waals surface area (Å²) < 4.78 is 5.72. The first-order valence-corrected chi connectivity index (χ1v) is 12.0. The van der Waals surface area contributed by atoms with Gasteiger partial charge in [0.05, 0.1) is 5.92 Å². The minimum atomic E-state index is -0.0105. The van der Waals surface area contributed by atoms with Crippen LogP contribution in [0.4, 0.5) is 0 Å². The van der Waals surface area contributed by atoms with E-state index < -0.39 is 0 Å². The molecule has 3 rings (SSSR count). The number of hydrogen-bond acceptors (Lipinski definition) is 2. The van der Waals surface area contributed by atoms with E-state index in [2.05, 4.69) is 26.0 Å². The number of esters is 1. The number of hydrogen-bond donors (Lipinski definition) is 0. The molecule has 0 N–H and O–H groups in total. The molecule has 1 aromatic rings. The summed E-state index contributed by atoms with van der Waals surface area (Å²) in [6.07, 6.45) is 16.4. The molecule has 2 aliphatic carbocycles. The zero-order valence-electron chi connectivity index (χ0n) is 18.1. The molecular formula is C26H40O2. The fraction of sp³-hybridized carbons (Fsp3) is 0.731. The van der Waals surface area contributed by atoms with Crippen LogP contribution in [0, 0.1) is 17.8 Å². The zero-order valence-corrected chi connectivity index (χ0v) is 18.1. The molecule has 1 aromatic carbocycles. The normalized spacial score (nSPS) is 28.1. The highest BCUT2D eigenvalue weighted by atomic mass is 16.5. The Morgan fingerprint density at radius 3 is 2.21 bits per heavy atom. The summed E-state index contributed by atoms with van der Waals surface area (Å²) in [6, 6.07) is 8.36. The lowest BCUT2D eigenvalue weighted by atomic mass is 9.79. The molecule has 2 fully saturated rings. The molecule has 0 bridgehead atoms. The zero-order chi connectivity index (χ0) is 19.8. The summed E-state index contributed by atoms with van der Waals surface area (Å²) in [4.78, 5) is 12.6. The molecule has 28 heavy (non-hydrogen) atoms. The van der Waals surface area contributed by atoms with Crippen LogP contribution in [0.15, 0.2) is 24.3 Å². The van der Waals surface area contributed by atoms with Gasteiger partial charge in [-0.15, -0.1) is 0 Å². The van der Waals surface area contributed by atoms with E-state index in [4.69, 9.17) is 4.74 Å². The van der Waals surface area contributed by atoms with Gasteiger partial charge in [0.1, 0.15) is 5.75 Å². The molecule has 0 saturated heterocycles. The number of carbonyl (C=O) groups is 1. The Bertz CT molecular complexity index is 575. The second-order valence-corrected chi connectivity index (χ2v) is 9.51. The van der Waals surface area contributed by atoms with Crippen LogP contribution in [0.2, 0.25) is 0 Å². The minimum Gasteiger partial charge on any atom is -0.426 e. The Kier molecular flexibility index (Phi) is 8.43. The van der Waals surface area contributed by atoms with Gasteiger partial charge in [-0.3, -0.25) is 4.79 Å². The highest BCUT2D eigenvalue weighted by Crippen LogP contribution is 2.36. The fourth-order valence-electron chi connectivity index (χ4n) is 5.15. The summed E-state index contributed by atoms with van der Waals surface area (Å²) in [5, 5.41) is 0. The van der Waals surface area contributed by atoms with Crippen LogP contribution in [-0.4, -0.2) is 5.97 Å². The van der Waals surface area contributed by atoms with Gasteiger partial charge < -0.3 is 4.74 Å². The number of unbranched alkanes of at least 4 members (excludes halogenated alkanes) is 3. The van der Waals surface area contributed by atoms with E-state index in [1.807, 2.05) is 12.1 Å². The van der Waals surface area contributed by atoms with Crippen molar-refractivity contribution >= 4 is 5.97 Å². The van der Waals surface area contributed by atoms with Crippen LogP contribution < -0.4 is 4.74 Å². The largest absolute Gasteiger partial charge is 0.426 e. The summed E-state index contributed by atoms with van der Waals surface area (Å²) >= 11 is 0. The standard InChI is InChI=1S/C26H40O2/c1-3-4-5-6-7-21-10-14-24(15-11-21)26(27)28-25-18-16-23(17-19-25)22-12-8-20(2)9-13-22/h16-22,24H,3-15H2,1-2H3. The first-order chi connectivity index (χ1) is 13.7. The Morgan fingerprint density at radius 1 is 0.893 bits per heavy atom. The average Bonchev–Trinajstić information content (AvgIpc) is 2.73. The van der Waals surface area contributed by atoms with Gasteiger partial charge in [0, 0.05) is 0 Å². The topological polar surface area (TPSA) is 26.3 Å². The third-order valence-electron chi connectivity index (χ3n) is 7.23. The molecule has 2 heteroatoms. The predicted octanol–water partition coefficient (Wildman–Crippen LogP) is 7.66. The number of benzene rings is 1. The summed E-state index contributed by atoms with van der Waals surface area (Å²) in [5.74, 6) is 3.21. The van der Waals surface area contributed by atoms with E-state index in [1.54, 1.807) is 0 Å². The maximum Gasteiger partial charge on any atom is 0.314 e. The van der Waals surface area contributed by atoms with Crippen molar-refractivity contribution < 1.29 is 9.53 Å². The van der Waals surface area contributed by atoms with Crippen LogP contribution in [0.25, 0.3) is 0 Å². The van der Waals surface area contributed by atoms with E-state index in [0.29, 0.717) is 5.92 Å². The third-order valence-corrected chi connectivity index (χ3v) is 7.23. The summed E-state index contributed by atoms with van der Waals surface area (Å²) in [7, 11) is 0. The van der Waals surface area contributed by atoms with Crippen molar-refractivity contribution in [2.45, 2.75) is 103 Å². The quantitative estimate of drug-likeness (QED) is 0.261. The van der Waals surface area contributed by atoms with Crippen LogP contribution >= 0.6 is 0 Å². The van der Waals surface area contributed by atoms with E-state index in [9.17, 15) is 4.79 Å². The van der Waals surface area contributed by atoms with Crippen LogP contribution in [0.3, 0.4) is 0 Å². The lowest BCUT2D eigenvalue weighted by molar-refractivity contribution is -0.140. The smallest absolute Gasteiger partial charge is 0.314 e. The van der Waals surface area contributed by atoms with E-state index in [-0.39, 0.29) is 11.9 Å². The molecule has 0 radical (unpaired) electrons. The van der Waals surface area contributed by atoms with E-state index in [0.717, 1.165) is 30.4 Å². The first-order valence-electron chi connectivity index (χ1n) is 12.0. The van der Waals surface area contributed by atoms with Crippen LogP contribution in [0.1, 0.15) is 109 Å². The lowest BCUT2D eigenvalue weighted by Gasteiger charge is -2.27. The van der Waals surface area contributed by atoms with Crippen LogP contribution in [0.5, 0.6) is 5.75 Å². The van der Waals surface area contributed by atoms with Crippen molar-refractivity contribution in [2.75, 3.05) is 0 Å². The predicted molar refractivity (Wildman–Crippen MR) is 117 cm³/mol. The SMILES string of the molecule is CCCCCCC1CCC(C(=O)Oc2ccc(C3CCC(C)CC3)cc2)CC1. The molecule has 2 aliphatic rings. The molecule has 0 aromatic heterocycles. The van der Waals surface area contributed by atoms with Gasteiger partial charge in [0.15, 0.2) is 0 Å².